The van der Waals surface area contributed by atoms with Gasteiger partial charge in [0.2, 0.25) is 0 Å². The molecule has 0 amide bonds. The van der Waals surface area contributed by atoms with E-state index in [2.05, 4.69) is 48.5 Å². The van der Waals surface area contributed by atoms with Gasteiger partial charge in [-0.05, 0) is 40.0 Å². The van der Waals surface area contributed by atoms with Crippen LogP contribution >= 0.6 is 0 Å². The highest BCUT2D eigenvalue weighted by Crippen LogP contribution is 2.22. The van der Waals surface area contributed by atoms with Crippen LogP contribution in [0.15, 0.2) is 0 Å². The van der Waals surface area contributed by atoms with Crippen molar-refractivity contribution < 1.29 is 14.2 Å². The third-order valence-electron chi connectivity index (χ3n) is 3.87. The van der Waals surface area contributed by atoms with E-state index in [1.54, 1.807) is 0 Å². The fraction of sp³-hybridized carbons (Fsp3) is 1.00. The predicted octanol–water partition coefficient (Wildman–Crippen LogP) is 5.07. The molecule has 0 aliphatic heterocycles. The first-order valence-electron chi connectivity index (χ1n) is 8.21. The molecule has 0 radical (unpaired) electrons. The van der Waals surface area contributed by atoms with Crippen molar-refractivity contribution in [1.82, 2.24) is 0 Å². The maximum Gasteiger partial charge on any atom is 0.0567 e. The highest BCUT2D eigenvalue weighted by molar-refractivity contribution is 4.75. The molecule has 0 bridgehead atoms. The minimum atomic E-state index is -0.0731. The van der Waals surface area contributed by atoms with E-state index in [9.17, 15) is 0 Å². The van der Waals surface area contributed by atoms with Gasteiger partial charge in [-0.3, -0.25) is 0 Å². The first kappa shape index (κ1) is 23.2. The van der Waals surface area contributed by atoms with Gasteiger partial charge in [-0.1, -0.05) is 35.1 Å². The molecule has 0 spiro atoms. The molecule has 0 aromatic rings. The summed E-state index contributed by atoms with van der Waals surface area (Å²) in [6.45, 7) is 17.1. The highest BCUT2D eigenvalue weighted by Gasteiger charge is 2.28. The van der Waals surface area contributed by atoms with Crippen molar-refractivity contribution >= 4 is 0 Å². The Bertz CT molecular complexity index is 194. The molecule has 0 aliphatic carbocycles. The topological polar surface area (TPSA) is 27.7 Å². The SMILES string of the molecule is C.CCC(C)OCC(C)(COC(C)CC)COC(C)CC. The summed E-state index contributed by atoms with van der Waals surface area (Å²) in [6, 6.07) is 0. The minimum absolute atomic E-state index is 0. The Morgan fingerprint density at radius 3 is 1.10 bits per heavy atom. The smallest absolute Gasteiger partial charge is 0.0567 e. The van der Waals surface area contributed by atoms with Crippen molar-refractivity contribution in [2.45, 2.75) is 93.5 Å². The molecular formula is C18H40O3. The number of hydrogen-bond acceptors (Lipinski definition) is 3. The van der Waals surface area contributed by atoms with E-state index in [0.29, 0.717) is 38.1 Å². The Balaban J connectivity index is 0. The van der Waals surface area contributed by atoms with E-state index in [-0.39, 0.29) is 12.8 Å². The Kier molecular flexibility index (Phi) is 13.7. The first-order chi connectivity index (χ1) is 9.36. The summed E-state index contributed by atoms with van der Waals surface area (Å²) < 4.78 is 17.8. The van der Waals surface area contributed by atoms with Crippen molar-refractivity contribution in [1.29, 1.82) is 0 Å². The zero-order valence-corrected chi connectivity index (χ0v) is 14.7. The largest absolute Gasteiger partial charge is 0.378 e. The van der Waals surface area contributed by atoms with E-state index in [1.165, 1.54) is 0 Å². The summed E-state index contributed by atoms with van der Waals surface area (Å²) in [5.74, 6) is 0. The van der Waals surface area contributed by atoms with Crippen LogP contribution in [0.25, 0.3) is 0 Å². The second-order valence-electron chi connectivity index (χ2n) is 6.40. The third kappa shape index (κ3) is 11.1. The summed E-state index contributed by atoms with van der Waals surface area (Å²) in [5.41, 5.74) is -0.0731. The van der Waals surface area contributed by atoms with Crippen molar-refractivity contribution in [2.75, 3.05) is 19.8 Å². The van der Waals surface area contributed by atoms with Crippen molar-refractivity contribution in [3.63, 3.8) is 0 Å². The zero-order chi connectivity index (χ0) is 15.6. The van der Waals surface area contributed by atoms with Crippen LogP contribution in [-0.2, 0) is 14.2 Å². The van der Waals surface area contributed by atoms with Gasteiger partial charge in [0, 0.05) is 5.41 Å². The van der Waals surface area contributed by atoms with Crippen LogP contribution in [0.5, 0.6) is 0 Å². The van der Waals surface area contributed by atoms with Crippen LogP contribution in [0.4, 0.5) is 0 Å². The lowest BCUT2D eigenvalue weighted by Gasteiger charge is -2.32. The zero-order valence-electron chi connectivity index (χ0n) is 14.7. The molecule has 0 fully saturated rings. The fourth-order valence-electron chi connectivity index (χ4n) is 1.51. The predicted molar refractivity (Wildman–Crippen MR) is 92.0 cm³/mol. The number of hydrogen-bond donors (Lipinski definition) is 0. The highest BCUT2D eigenvalue weighted by atomic mass is 16.5. The monoisotopic (exact) mass is 304 g/mol. The van der Waals surface area contributed by atoms with Gasteiger partial charge in [-0.2, -0.15) is 0 Å². The summed E-state index contributed by atoms with van der Waals surface area (Å²) in [7, 11) is 0. The molecule has 0 saturated carbocycles. The maximum atomic E-state index is 5.93. The standard InChI is InChI=1S/C17H36O3.CH4/c1-8-14(4)18-11-17(7,12-19-15(5)9-2)13-20-16(6)10-3;/h14-16H,8-13H2,1-7H3;1H4. The molecule has 21 heavy (non-hydrogen) atoms. The number of rotatable bonds is 12. The average molecular weight is 305 g/mol. The summed E-state index contributed by atoms with van der Waals surface area (Å²) in [6.07, 6.45) is 3.99. The quantitative estimate of drug-likeness (QED) is 0.503. The van der Waals surface area contributed by atoms with E-state index in [0.717, 1.165) is 19.3 Å². The van der Waals surface area contributed by atoms with Crippen molar-refractivity contribution in [3.05, 3.63) is 0 Å². The molecular weight excluding hydrogens is 264 g/mol. The Morgan fingerprint density at radius 1 is 0.667 bits per heavy atom. The Labute approximate surface area is 133 Å². The lowest BCUT2D eigenvalue weighted by Crippen LogP contribution is -2.37. The first-order valence-corrected chi connectivity index (χ1v) is 8.21. The molecule has 0 saturated heterocycles. The van der Waals surface area contributed by atoms with Crippen LogP contribution < -0.4 is 0 Å². The van der Waals surface area contributed by atoms with Crippen LogP contribution in [0.3, 0.4) is 0 Å². The fourth-order valence-corrected chi connectivity index (χ4v) is 1.51. The molecule has 0 aromatic heterocycles. The second kappa shape index (κ2) is 12.4. The van der Waals surface area contributed by atoms with E-state index in [4.69, 9.17) is 14.2 Å². The van der Waals surface area contributed by atoms with E-state index >= 15 is 0 Å². The van der Waals surface area contributed by atoms with Gasteiger partial charge in [0.05, 0.1) is 38.1 Å². The summed E-state index contributed by atoms with van der Waals surface area (Å²) in [5, 5.41) is 0. The lowest BCUT2D eigenvalue weighted by molar-refractivity contribution is -0.0999. The molecule has 0 heterocycles. The molecule has 0 N–H and O–H groups in total. The Morgan fingerprint density at radius 2 is 0.905 bits per heavy atom. The molecule has 130 valence electrons. The summed E-state index contributed by atoms with van der Waals surface area (Å²) in [4.78, 5) is 0. The minimum Gasteiger partial charge on any atom is -0.378 e. The maximum absolute atomic E-state index is 5.93. The van der Waals surface area contributed by atoms with Gasteiger partial charge >= 0.3 is 0 Å². The lowest BCUT2D eigenvalue weighted by atomic mass is 9.93. The van der Waals surface area contributed by atoms with Gasteiger partial charge in [-0.15, -0.1) is 0 Å². The van der Waals surface area contributed by atoms with Crippen LogP contribution in [0.2, 0.25) is 0 Å². The summed E-state index contributed by atoms with van der Waals surface area (Å²) >= 11 is 0. The van der Waals surface area contributed by atoms with Gasteiger partial charge in [0.15, 0.2) is 0 Å². The van der Waals surface area contributed by atoms with Crippen molar-refractivity contribution in [2.24, 2.45) is 5.41 Å². The molecule has 3 heteroatoms. The molecule has 3 nitrogen and oxygen atoms in total. The van der Waals surface area contributed by atoms with Gasteiger partial charge in [0.25, 0.3) is 0 Å². The number of ether oxygens (including phenoxy) is 3. The third-order valence-corrected chi connectivity index (χ3v) is 3.87. The van der Waals surface area contributed by atoms with Crippen LogP contribution in [0, 0.1) is 5.41 Å². The normalized spacial score (nSPS) is 18.4. The van der Waals surface area contributed by atoms with Gasteiger partial charge < -0.3 is 14.2 Å². The van der Waals surface area contributed by atoms with E-state index < -0.39 is 0 Å². The Hall–Kier alpha value is -0.120. The van der Waals surface area contributed by atoms with Gasteiger partial charge in [0.1, 0.15) is 0 Å². The second-order valence-corrected chi connectivity index (χ2v) is 6.40. The van der Waals surface area contributed by atoms with Crippen molar-refractivity contribution in [3.8, 4) is 0 Å². The van der Waals surface area contributed by atoms with Crippen LogP contribution in [-0.4, -0.2) is 38.1 Å². The molecule has 0 aromatic carbocycles. The van der Waals surface area contributed by atoms with E-state index in [1.807, 2.05) is 0 Å². The molecule has 0 rings (SSSR count). The van der Waals surface area contributed by atoms with Gasteiger partial charge in [-0.25, -0.2) is 0 Å². The molecule has 3 unspecified atom stereocenters. The average Bonchev–Trinajstić information content (AvgIpc) is 2.47. The van der Waals surface area contributed by atoms with Crippen LogP contribution in [0.1, 0.15) is 75.2 Å². The molecule has 0 aliphatic rings. The molecule has 3 atom stereocenters.